The normalized spacial score (nSPS) is 12.4. The zero-order valence-corrected chi connectivity index (χ0v) is 10.1. The molecule has 1 rings (SSSR count). The van der Waals surface area contributed by atoms with E-state index in [4.69, 9.17) is 9.84 Å². The predicted octanol–water partition coefficient (Wildman–Crippen LogP) is 1.95. The lowest BCUT2D eigenvalue weighted by molar-refractivity contribution is 0.276. The number of methoxy groups -OCH3 is 1. The summed E-state index contributed by atoms with van der Waals surface area (Å²) in [5, 5.41) is 12.1. The number of ether oxygens (including phenoxy) is 1. The maximum absolute atomic E-state index is 8.72. The van der Waals surface area contributed by atoms with Gasteiger partial charge in [0.05, 0.1) is 7.11 Å². The number of hydrogen-bond donors (Lipinski definition) is 2. The molecule has 3 heteroatoms. The fourth-order valence-corrected chi connectivity index (χ4v) is 1.54. The van der Waals surface area contributed by atoms with Gasteiger partial charge in [-0.15, -0.1) is 0 Å². The minimum Gasteiger partial charge on any atom is -0.497 e. The minimum atomic E-state index is 0.272. The molecule has 0 radical (unpaired) electrons. The van der Waals surface area contributed by atoms with E-state index >= 15 is 0 Å². The van der Waals surface area contributed by atoms with Gasteiger partial charge in [0.2, 0.25) is 0 Å². The van der Waals surface area contributed by atoms with Crippen LogP contribution in [0, 0.1) is 0 Å². The summed E-state index contributed by atoms with van der Waals surface area (Å²) in [6, 6.07) is 8.49. The van der Waals surface area contributed by atoms with Crippen molar-refractivity contribution in [2.45, 2.75) is 32.4 Å². The van der Waals surface area contributed by atoms with Crippen LogP contribution in [-0.4, -0.2) is 24.9 Å². The molecule has 0 bridgehead atoms. The van der Waals surface area contributed by atoms with Gasteiger partial charge in [0.1, 0.15) is 5.75 Å². The van der Waals surface area contributed by atoms with E-state index in [1.54, 1.807) is 7.11 Å². The third-order valence-corrected chi connectivity index (χ3v) is 2.61. The molecule has 0 fully saturated rings. The topological polar surface area (TPSA) is 41.5 Å². The van der Waals surface area contributed by atoms with Crippen LogP contribution in [0.25, 0.3) is 0 Å². The number of hydrogen-bond acceptors (Lipinski definition) is 3. The van der Waals surface area contributed by atoms with Crippen LogP contribution in [0.3, 0.4) is 0 Å². The molecule has 0 aliphatic carbocycles. The molecule has 0 aliphatic heterocycles. The molecule has 0 amide bonds. The Bertz CT molecular complexity index is 284. The highest BCUT2D eigenvalue weighted by atomic mass is 16.5. The number of aliphatic hydroxyl groups is 1. The average Bonchev–Trinajstić information content (AvgIpc) is 2.34. The summed E-state index contributed by atoms with van der Waals surface area (Å²) in [5.41, 5.74) is 1.25. The summed E-state index contributed by atoms with van der Waals surface area (Å²) in [6.45, 7) is 3.27. The molecule has 3 nitrogen and oxygen atoms in total. The van der Waals surface area contributed by atoms with Gasteiger partial charge in [-0.1, -0.05) is 12.1 Å². The van der Waals surface area contributed by atoms with Crippen LogP contribution in [0.5, 0.6) is 5.75 Å². The SMILES string of the molecule is COc1ccc(CN[C@H](C)CCCO)cc1. The van der Waals surface area contributed by atoms with E-state index < -0.39 is 0 Å². The summed E-state index contributed by atoms with van der Waals surface area (Å²) in [7, 11) is 1.67. The molecule has 0 spiro atoms. The molecule has 16 heavy (non-hydrogen) atoms. The maximum Gasteiger partial charge on any atom is 0.118 e. The summed E-state index contributed by atoms with van der Waals surface area (Å²) in [6.07, 6.45) is 1.86. The van der Waals surface area contributed by atoms with Crippen molar-refractivity contribution in [3.8, 4) is 5.75 Å². The largest absolute Gasteiger partial charge is 0.497 e. The van der Waals surface area contributed by atoms with Gasteiger partial charge in [-0.25, -0.2) is 0 Å². The lowest BCUT2D eigenvalue weighted by Gasteiger charge is -2.13. The first kappa shape index (κ1) is 13.0. The second-order valence-electron chi connectivity index (χ2n) is 4.00. The number of rotatable bonds is 7. The smallest absolute Gasteiger partial charge is 0.118 e. The number of benzene rings is 1. The van der Waals surface area contributed by atoms with Crippen LogP contribution in [0.4, 0.5) is 0 Å². The lowest BCUT2D eigenvalue weighted by atomic mass is 10.1. The second-order valence-corrected chi connectivity index (χ2v) is 4.00. The van der Waals surface area contributed by atoms with Crippen LogP contribution in [0.2, 0.25) is 0 Å². The van der Waals surface area contributed by atoms with Gasteiger partial charge in [0, 0.05) is 19.2 Å². The molecule has 0 saturated heterocycles. The zero-order chi connectivity index (χ0) is 11.8. The van der Waals surface area contributed by atoms with Crippen molar-refractivity contribution in [2.24, 2.45) is 0 Å². The van der Waals surface area contributed by atoms with Crippen molar-refractivity contribution in [1.29, 1.82) is 0 Å². The van der Waals surface area contributed by atoms with Gasteiger partial charge in [-0.05, 0) is 37.5 Å². The summed E-state index contributed by atoms with van der Waals surface area (Å²) >= 11 is 0. The van der Waals surface area contributed by atoms with Crippen molar-refractivity contribution in [3.05, 3.63) is 29.8 Å². The molecule has 1 aromatic rings. The Morgan fingerprint density at radius 2 is 2.00 bits per heavy atom. The molecule has 0 unspecified atom stereocenters. The van der Waals surface area contributed by atoms with Gasteiger partial charge in [0.15, 0.2) is 0 Å². The number of nitrogens with one attached hydrogen (secondary N) is 1. The molecular weight excluding hydrogens is 202 g/mol. The molecule has 0 aromatic heterocycles. The zero-order valence-electron chi connectivity index (χ0n) is 10.1. The quantitative estimate of drug-likeness (QED) is 0.742. The lowest BCUT2D eigenvalue weighted by Crippen LogP contribution is -2.25. The summed E-state index contributed by atoms with van der Waals surface area (Å²) in [4.78, 5) is 0. The van der Waals surface area contributed by atoms with Crippen molar-refractivity contribution < 1.29 is 9.84 Å². The Labute approximate surface area is 97.4 Å². The Kier molecular flexibility index (Phi) is 5.90. The van der Waals surface area contributed by atoms with E-state index in [1.165, 1.54) is 5.56 Å². The van der Waals surface area contributed by atoms with E-state index in [2.05, 4.69) is 24.4 Å². The van der Waals surface area contributed by atoms with Gasteiger partial charge >= 0.3 is 0 Å². The van der Waals surface area contributed by atoms with Crippen LogP contribution in [0.15, 0.2) is 24.3 Å². The average molecular weight is 223 g/mol. The molecule has 1 atom stereocenters. The van der Waals surface area contributed by atoms with E-state index in [0.29, 0.717) is 6.04 Å². The summed E-state index contributed by atoms with van der Waals surface area (Å²) in [5.74, 6) is 0.886. The molecule has 0 heterocycles. The maximum atomic E-state index is 8.72. The summed E-state index contributed by atoms with van der Waals surface area (Å²) < 4.78 is 5.10. The molecule has 90 valence electrons. The third-order valence-electron chi connectivity index (χ3n) is 2.61. The highest BCUT2D eigenvalue weighted by Gasteiger charge is 2.01. The highest BCUT2D eigenvalue weighted by Crippen LogP contribution is 2.11. The third kappa shape index (κ3) is 4.64. The van der Waals surface area contributed by atoms with Crippen LogP contribution in [-0.2, 0) is 6.54 Å². The molecule has 1 aromatic carbocycles. The Hall–Kier alpha value is -1.06. The van der Waals surface area contributed by atoms with Gasteiger partial charge in [0.25, 0.3) is 0 Å². The predicted molar refractivity (Wildman–Crippen MR) is 65.6 cm³/mol. The van der Waals surface area contributed by atoms with Crippen molar-refractivity contribution >= 4 is 0 Å². The van der Waals surface area contributed by atoms with Crippen LogP contribution < -0.4 is 10.1 Å². The minimum absolute atomic E-state index is 0.272. The first-order valence-corrected chi connectivity index (χ1v) is 5.73. The molecule has 0 aliphatic rings. The molecule has 2 N–H and O–H groups in total. The Morgan fingerprint density at radius 3 is 2.56 bits per heavy atom. The van der Waals surface area contributed by atoms with Crippen molar-refractivity contribution in [1.82, 2.24) is 5.32 Å². The van der Waals surface area contributed by atoms with Gasteiger partial charge < -0.3 is 15.2 Å². The highest BCUT2D eigenvalue weighted by molar-refractivity contribution is 5.26. The Morgan fingerprint density at radius 1 is 1.31 bits per heavy atom. The monoisotopic (exact) mass is 223 g/mol. The van der Waals surface area contributed by atoms with Crippen molar-refractivity contribution in [3.63, 3.8) is 0 Å². The van der Waals surface area contributed by atoms with Crippen molar-refractivity contribution in [2.75, 3.05) is 13.7 Å². The second kappa shape index (κ2) is 7.25. The van der Waals surface area contributed by atoms with Gasteiger partial charge in [-0.2, -0.15) is 0 Å². The molecule has 0 saturated carbocycles. The first-order valence-electron chi connectivity index (χ1n) is 5.73. The van der Waals surface area contributed by atoms with Crippen LogP contribution >= 0.6 is 0 Å². The van der Waals surface area contributed by atoms with Crippen LogP contribution in [0.1, 0.15) is 25.3 Å². The van der Waals surface area contributed by atoms with Gasteiger partial charge in [-0.3, -0.25) is 0 Å². The first-order chi connectivity index (χ1) is 7.76. The fraction of sp³-hybridized carbons (Fsp3) is 0.538. The molecular formula is C13H21NO2. The van der Waals surface area contributed by atoms with E-state index in [1.807, 2.05) is 12.1 Å². The van der Waals surface area contributed by atoms with E-state index in [-0.39, 0.29) is 6.61 Å². The van der Waals surface area contributed by atoms with E-state index in [0.717, 1.165) is 25.1 Å². The number of aliphatic hydroxyl groups excluding tert-OH is 1. The Balaban J connectivity index is 2.30. The van der Waals surface area contributed by atoms with E-state index in [9.17, 15) is 0 Å². The fourth-order valence-electron chi connectivity index (χ4n) is 1.54. The standard InChI is InChI=1S/C13H21NO2/c1-11(4-3-9-15)14-10-12-5-7-13(16-2)8-6-12/h5-8,11,14-15H,3-4,9-10H2,1-2H3/t11-/m1/s1.